The Morgan fingerprint density at radius 2 is 1.22 bits per heavy atom. The van der Waals surface area contributed by atoms with Crippen molar-refractivity contribution in [1.29, 1.82) is 0 Å². The fourth-order valence-electron chi connectivity index (χ4n) is 6.78. The Hall–Kier alpha value is -5.14. The number of hydrogen-bond acceptors (Lipinski definition) is 14. The number of hydrogen-bond donors (Lipinski definition) is 0. The Kier molecular flexibility index (Phi) is 12.2. The highest BCUT2D eigenvalue weighted by atomic mass is 16.6. The number of Topliss-reactive ketones (excluding diaryl/α,β-unsaturated/α-hetero) is 2. The molecule has 0 heterocycles. The molecule has 14 heteroatoms. The maximum absolute atomic E-state index is 14.8. The van der Waals surface area contributed by atoms with E-state index in [0.29, 0.717) is 0 Å². The lowest BCUT2D eigenvalue weighted by atomic mass is 9.72. The van der Waals surface area contributed by atoms with Gasteiger partial charge in [0.15, 0.2) is 35.0 Å². The van der Waals surface area contributed by atoms with Crippen molar-refractivity contribution in [2.45, 2.75) is 104 Å². The second-order valence-corrected chi connectivity index (χ2v) is 13.5. The molecule has 0 aliphatic heterocycles. The van der Waals surface area contributed by atoms with Crippen molar-refractivity contribution in [3.05, 3.63) is 60.2 Å². The van der Waals surface area contributed by atoms with Gasteiger partial charge < -0.3 is 28.4 Å². The first kappa shape index (κ1) is 40.3. The number of carbonyl (C=O) groups is 8. The molecule has 3 rings (SSSR count). The summed E-state index contributed by atoms with van der Waals surface area (Å²) in [6.45, 7) is 15.0. The summed E-state index contributed by atoms with van der Waals surface area (Å²) >= 11 is 0. The van der Waals surface area contributed by atoms with E-state index in [-0.39, 0.29) is 5.56 Å². The van der Waals surface area contributed by atoms with Crippen LogP contribution in [0.2, 0.25) is 0 Å². The summed E-state index contributed by atoms with van der Waals surface area (Å²) in [5.74, 6) is -10.2. The highest BCUT2D eigenvalue weighted by molar-refractivity contribution is 5.96. The molecule has 0 N–H and O–H groups in total. The van der Waals surface area contributed by atoms with Crippen LogP contribution in [0.25, 0.3) is 0 Å². The average Bonchev–Trinajstić information content (AvgIpc) is 3.24. The van der Waals surface area contributed by atoms with Gasteiger partial charge in [-0.15, -0.1) is 0 Å². The molecule has 8 unspecified atom stereocenters. The van der Waals surface area contributed by atoms with Crippen molar-refractivity contribution in [3.63, 3.8) is 0 Å². The Bertz CT molecular complexity index is 1640. The van der Waals surface area contributed by atoms with Crippen molar-refractivity contribution in [3.8, 4) is 0 Å². The number of benzene rings is 1. The van der Waals surface area contributed by atoms with E-state index in [1.807, 2.05) is 0 Å². The van der Waals surface area contributed by atoms with E-state index in [2.05, 4.69) is 6.58 Å². The topological polar surface area (TPSA) is 192 Å². The van der Waals surface area contributed by atoms with Crippen LogP contribution in [0, 0.1) is 17.3 Å². The third kappa shape index (κ3) is 8.78. The summed E-state index contributed by atoms with van der Waals surface area (Å²) in [5, 5.41) is 0. The molecular formula is C37H44O14. The van der Waals surface area contributed by atoms with E-state index in [4.69, 9.17) is 28.4 Å². The number of fused-ring (bicyclic) bond motifs is 1. The molecule has 2 aliphatic carbocycles. The average molecular weight is 713 g/mol. The fourth-order valence-corrected chi connectivity index (χ4v) is 6.78. The molecule has 0 aromatic heterocycles. The number of rotatable bonds is 7. The highest BCUT2D eigenvalue weighted by Crippen LogP contribution is 2.54. The van der Waals surface area contributed by atoms with Crippen LogP contribution < -0.4 is 0 Å². The van der Waals surface area contributed by atoms with Crippen LogP contribution in [0.4, 0.5) is 0 Å². The molecule has 276 valence electrons. The summed E-state index contributed by atoms with van der Waals surface area (Å²) in [4.78, 5) is 106. The van der Waals surface area contributed by atoms with Gasteiger partial charge in [0, 0.05) is 57.9 Å². The molecule has 0 amide bonds. The van der Waals surface area contributed by atoms with Gasteiger partial charge in [0.05, 0.1) is 11.5 Å². The Morgan fingerprint density at radius 3 is 1.73 bits per heavy atom. The third-order valence-electron chi connectivity index (χ3n) is 8.76. The lowest BCUT2D eigenvalue weighted by Gasteiger charge is -2.42. The normalized spacial score (nSPS) is 30.4. The van der Waals surface area contributed by atoms with Crippen LogP contribution >= 0.6 is 0 Å². The van der Waals surface area contributed by atoms with E-state index in [9.17, 15) is 38.4 Å². The summed E-state index contributed by atoms with van der Waals surface area (Å²) in [7, 11) is 0. The van der Waals surface area contributed by atoms with Gasteiger partial charge in [-0.3, -0.25) is 33.6 Å². The minimum atomic E-state index is -2.37. The van der Waals surface area contributed by atoms with E-state index >= 15 is 0 Å². The molecule has 0 saturated heterocycles. The number of allylic oxidation sites excluding steroid dienone is 2. The van der Waals surface area contributed by atoms with Gasteiger partial charge >= 0.3 is 35.8 Å². The second-order valence-electron chi connectivity index (χ2n) is 13.5. The van der Waals surface area contributed by atoms with E-state index < -0.39 is 112 Å². The number of carbonyl (C=O) groups excluding carboxylic acids is 8. The molecule has 1 aromatic rings. The fraction of sp³-hybridized carbons (Fsp3) is 0.514. The Morgan fingerprint density at radius 1 is 0.686 bits per heavy atom. The third-order valence-corrected chi connectivity index (χ3v) is 8.76. The van der Waals surface area contributed by atoms with Crippen molar-refractivity contribution in [2.75, 3.05) is 0 Å². The molecule has 1 saturated carbocycles. The van der Waals surface area contributed by atoms with E-state index in [1.165, 1.54) is 52.0 Å². The van der Waals surface area contributed by atoms with Crippen LogP contribution in [0.5, 0.6) is 0 Å². The summed E-state index contributed by atoms with van der Waals surface area (Å²) in [5.41, 5.74) is -6.18. The van der Waals surface area contributed by atoms with Crippen molar-refractivity contribution in [2.24, 2.45) is 17.3 Å². The monoisotopic (exact) mass is 712 g/mol. The first-order valence-electron chi connectivity index (χ1n) is 16.2. The zero-order valence-electron chi connectivity index (χ0n) is 30.1. The zero-order valence-corrected chi connectivity index (χ0v) is 30.1. The predicted molar refractivity (Wildman–Crippen MR) is 176 cm³/mol. The number of ether oxygens (including phenoxy) is 6. The van der Waals surface area contributed by atoms with Crippen LogP contribution in [0.1, 0.15) is 79.1 Å². The van der Waals surface area contributed by atoms with Crippen molar-refractivity contribution < 1.29 is 66.8 Å². The molecule has 0 radical (unpaired) electrons. The molecule has 8 atom stereocenters. The molecule has 14 nitrogen and oxygen atoms in total. The van der Waals surface area contributed by atoms with Gasteiger partial charge in [-0.05, 0) is 32.9 Å². The maximum Gasteiger partial charge on any atom is 0.338 e. The largest absolute Gasteiger partial charge is 0.458 e. The Balaban J connectivity index is 2.54. The zero-order chi connectivity index (χ0) is 38.6. The maximum atomic E-state index is 14.8. The van der Waals surface area contributed by atoms with Crippen molar-refractivity contribution in [1.82, 2.24) is 0 Å². The van der Waals surface area contributed by atoms with Crippen LogP contribution in [-0.2, 0) is 62.0 Å². The standard InChI is InChI=1S/C37H44O14/c1-19-16-17-35(8,9)32(44)30(47-22(4)39)29(49-34(45)26-14-12-11-13-15-26)20(2)28(46-21(3)38)27-33(48-23(5)40)36(10,50-24(6)41)18-37(27,31(19)43)51-25(7)42/h11-17,19,27-30,33H,2,18H2,1,3-10H3. The molecule has 0 bridgehead atoms. The minimum Gasteiger partial charge on any atom is -0.458 e. The van der Waals surface area contributed by atoms with Gasteiger partial charge in [-0.25, -0.2) is 4.79 Å². The summed E-state index contributed by atoms with van der Waals surface area (Å²) < 4.78 is 34.6. The molecule has 2 aliphatic rings. The lowest BCUT2D eigenvalue weighted by molar-refractivity contribution is -0.190. The number of ketones is 2. The smallest absolute Gasteiger partial charge is 0.338 e. The van der Waals surface area contributed by atoms with E-state index in [0.717, 1.165) is 34.6 Å². The minimum absolute atomic E-state index is 0.0213. The second kappa shape index (κ2) is 15.4. The quantitative estimate of drug-likeness (QED) is 0.226. The first-order valence-corrected chi connectivity index (χ1v) is 16.2. The Labute approximate surface area is 295 Å². The molecule has 51 heavy (non-hydrogen) atoms. The molecule has 1 fully saturated rings. The summed E-state index contributed by atoms with van der Waals surface area (Å²) in [6.07, 6.45) is -5.25. The highest BCUT2D eigenvalue weighted by Gasteiger charge is 2.72. The van der Waals surface area contributed by atoms with Crippen molar-refractivity contribution >= 4 is 47.4 Å². The molecular weight excluding hydrogens is 668 g/mol. The summed E-state index contributed by atoms with van der Waals surface area (Å²) in [6, 6.07) is 7.58. The van der Waals surface area contributed by atoms with Crippen LogP contribution in [0.3, 0.4) is 0 Å². The predicted octanol–water partition coefficient (Wildman–Crippen LogP) is 3.58. The SMILES string of the molecule is C=C1C(OC(=O)c2ccccc2)C(OC(C)=O)C(=O)C(C)(C)C=CC(C)C(=O)C2(OC(C)=O)CC(C)(OC(C)=O)C(OC(C)=O)C2C1OC(C)=O. The van der Waals surface area contributed by atoms with Crippen LogP contribution in [-0.4, -0.2) is 83.0 Å². The van der Waals surface area contributed by atoms with Gasteiger partial charge in [0.25, 0.3) is 0 Å². The van der Waals surface area contributed by atoms with E-state index in [1.54, 1.807) is 18.2 Å². The van der Waals surface area contributed by atoms with Gasteiger partial charge in [0.2, 0.25) is 6.10 Å². The van der Waals surface area contributed by atoms with Gasteiger partial charge in [-0.2, -0.15) is 0 Å². The lowest BCUT2D eigenvalue weighted by Crippen LogP contribution is -2.58. The van der Waals surface area contributed by atoms with Gasteiger partial charge in [0.1, 0.15) is 6.10 Å². The molecule has 0 spiro atoms. The first-order chi connectivity index (χ1) is 23.6. The number of esters is 6. The van der Waals surface area contributed by atoms with Gasteiger partial charge in [-0.1, -0.05) is 43.9 Å². The molecule has 1 aromatic carbocycles. The van der Waals surface area contributed by atoms with Crippen LogP contribution in [0.15, 0.2) is 54.6 Å².